The lowest BCUT2D eigenvalue weighted by Crippen LogP contribution is -2.41. The summed E-state index contributed by atoms with van der Waals surface area (Å²) in [5, 5.41) is 1.30. The standard InChI is InChI=1S/C21H26N4/c1-15-7-8-16(12-23-15)9-11-25-19-18(13-24(4)14-21(19,2)3)17-6-5-10-22-20(17)25/h5-8,10,12H,9,11,13-14H2,1-4H3. The number of hydrogen-bond donors (Lipinski definition) is 0. The third-order valence-corrected chi connectivity index (χ3v) is 5.25. The van der Waals surface area contributed by atoms with Gasteiger partial charge in [0.15, 0.2) is 0 Å². The summed E-state index contributed by atoms with van der Waals surface area (Å²) in [5.41, 5.74) is 6.50. The molecule has 0 saturated heterocycles. The van der Waals surface area contributed by atoms with Gasteiger partial charge in [0, 0.05) is 54.2 Å². The minimum absolute atomic E-state index is 0.120. The molecule has 0 bridgehead atoms. The van der Waals surface area contributed by atoms with Gasteiger partial charge in [0.25, 0.3) is 0 Å². The smallest absolute Gasteiger partial charge is 0.140 e. The van der Waals surface area contributed by atoms with Crippen LogP contribution in [-0.4, -0.2) is 33.0 Å². The van der Waals surface area contributed by atoms with Crippen LogP contribution in [0, 0.1) is 6.92 Å². The molecule has 0 amide bonds. The van der Waals surface area contributed by atoms with Crippen molar-refractivity contribution in [1.82, 2.24) is 19.4 Å². The molecule has 0 aliphatic carbocycles. The van der Waals surface area contributed by atoms with E-state index in [1.165, 1.54) is 22.2 Å². The molecule has 0 spiro atoms. The maximum absolute atomic E-state index is 4.73. The molecular formula is C21H26N4. The first-order valence-electron chi connectivity index (χ1n) is 9.02. The zero-order chi connectivity index (χ0) is 17.6. The number of rotatable bonds is 3. The fourth-order valence-electron chi connectivity index (χ4n) is 4.36. The molecule has 4 rings (SSSR count). The van der Waals surface area contributed by atoms with Gasteiger partial charge in [0.2, 0.25) is 0 Å². The van der Waals surface area contributed by atoms with Gasteiger partial charge in [-0.15, -0.1) is 0 Å². The van der Waals surface area contributed by atoms with E-state index in [-0.39, 0.29) is 5.41 Å². The minimum atomic E-state index is 0.120. The van der Waals surface area contributed by atoms with E-state index in [1.807, 2.05) is 19.3 Å². The highest BCUT2D eigenvalue weighted by atomic mass is 15.1. The van der Waals surface area contributed by atoms with Gasteiger partial charge in [-0.1, -0.05) is 19.9 Å². The molecule has 0 N–H and O–H groups in total. The second-order valence-corrected chi connectivity index (χ2v) is 7.97. The van der Waals surface area contributed by atoms with Crippen LogP contribution in [0.25, 0.3) is 11.0 Å². The van der Waals surface area contributed by atoms with E-state index in [0.717, 1.165) is 37.4 Å². The van der Waals surface area contributed by atoms with E-state index in [2.05, 4.69) is 59.6 Å². The highest BCUT2D eigenvalue weighted by molar-refractivity contribution is 5.83. The van der Waals surface area contributed by atoms with Crippen LogP contribution in [0.1, 0.15) is 36.4 Å². The van der Waals surface area contributed by atoms with Crippen LogP contribution < -0.4 is 0 Å². The van der Waals surface area contributed by atoms with Crippen LogP contribution in [0.3, 0.4) is 0 Å². The number of pyridine rings is 2. The monoisotopic (exact) mass is 334 g/mol. The number of aromatic nitrogens is 3. The molecule has 0 fully saturated rings. The van der Waals surface area contributed by atoms with Gasteiger partial charge in [-0.2, -0.15) is 0 Å². The summed E-state index contributed by atoms with van der Waals surface area (Å²) in [7, 11) is 2.21. The second kappa shape index (κ2) is 5.95. The molecule has 4 heteroatoms. The summed E-state index contributed by atoms with van der Waals surface area (Å²) < 4.78 is 2.46. The van der Waals surface area contributed by atoms with Crippen molar-refractivity contribution in [3.8, 4) is 0 Å². The highest BCUT2D eigenvalue weighted by Gasteiger charge is 2.35. The summed E-state index contributed by atoms with van der Waals surface area (Å²) in [4.78, 5) is 11.6. The van der Waals surface area contributed by atoms with E-state index >= 15 is 0 Å². The van der Waals surface area contributed by atoms with Gasteiger partial charge < -0.3 is 9.47 Å². The van der Waals surface area contributed by atoms with Gasteiger partial charge in [0.1, 0.15) is 5.65 Å². The molecule has 1 aliphatic heterocycles. The Bertz CT molecular complexity index is 906. The molecular weight excluding hydrogens is 308 g/mol. The summed E-state index contributed by atoms with van der Waals surface area (Å²) >= 11 is 0. The first-order chi connectivity index (χ1) is 12.0. The Labute approximate surface area is 149 Å². The van der Waals surface area contributed by atoms with E-state index in [9.17, 15) is 0 Å². The average molecular weight is 334 g/mol. The number of nitrogens with zero attached hydrogens (tertiary/aromatic N) is 4. The Balaban J connectivity index is 1.79. The lowest BCUT2D eigenvalue weighted by Gasteiger charge is -2.37. The van der Waals surface area contributed by atoms with Crippen molar-refractivity contribution in [2.75, 3.05) is 13.6 Å². The van der Waals surface area contributed by atoms with Crippen molar-refractivity contribution in [1.29, 1.82) is 0 Å². The van der Waals surface area contributed by atoms with Gasteiger partial charge >= 0.3 is 0 Å². The fraction of sp³-hybridized carbons (Fsp3) is 0.429. The predicted octanol–water partition coefficient (Wildman–Crippen LogP) is 3.71. The third-order valence-electron chi connectivity index (χ3n) is 5.25. The Morgan fingerprint density at radius 2 is 2.00 bits per heavy atom. The highest BCUT2D eigenvalue weighted by Crippen LogP contribution is 2.38. The maximum Gasteiger partial charge on any atom is 0.140 e. The van der Waals surface area contributed by atoms with Crippen molar-refractivity contribution < 1.29 is 0 Å². The molecule has 0 aromatic carbocycles. The summed E-state index contributed by atoms with van der Waals surface area (Å²) in [6, 6.07) is 8.56. The maximum atomic E-state index is 4.73. The van der Waals surface area contributed by atoms with Gasteiger partial charge in [-0.3, -0.25) is 4.98 Å². The largest absolute Gasteiger partial charge is 0.328 e. The lowest BCUT2D eigenvalue weighted by atomic mass is 9.82. The molecule has 4 heterocycles. The molecule has 3 aromatic rings. The number of hydrogen-bond acceptors (Lipinski definition) is 3. The Morgan fingerprint density at radius 1 is 1.16 bits per heavy atom. The van der Waals surface area contributed by atoms with E-state index in [4.69, 9.17) is 4.98 Å². The molecule has 0 radical (unpaired) electrons. The van der Waals surface area contributed by atoms with E-state index < -0.39 is 0 Å². The molecule has 3 aromatic heterocycles. The van der Waals surface area contributed by atoms with E-state index in [1.54, 1.807) is 0 Å². The molecule has 0 atom stereocenters. The van der Waals surface area contributed by atoms with Crippen LogP contribution in [0.2, 0.25) is 0 Å². The van der Waals surface area contributed by atoms with Crippen LogP contribution in [0.15, 0.2) is 36.7 Å². The quantitative estimate of drug-likeness (QED) is 0.732. The summed E-state index contributed by atoms with van der Waals surface area (Å²) in [5.74, 6) is 0. The van der Waals surface area contributed by atoms with Crippen molar-refractivity contribution in [3.05, 3.63) is 59.2 Å². The number of likely N-dealkylation sites (N-methyl/N-ethyl adjacent to an activating group) is 1. The van der Waals surface area contributed by atoms with Crippen LogP contribution in [0.4, 0.5) is 0 Å². The SMILES string of the molecule is Cc1ccc(CCn2c3c(c4cccnc42)CN(C)CC3(C)C)cn1. The van der Waals surface area contributed by atoms with Crippen LogP contribution in [0.5, 0.6) is 0 Å². The summed E-state index contributed by atoms with van der Waals surface area (Å²) in [6.45, 7) is 9.75. The van der Waals surface area contributed by atoms with Crippen LogP contribution in [-0.2, 0) is 24.9 Å². The normalized spacial score (nSPS) is 17.0. The zero-order valence-corrected chi connectivity index (χ0v) is 15.6. The van der Waals surface area contributed by atoms with Crippen molar-refractivity contribution in [3.63, 3.8) is 0 Å². The average Bonchev–Trinajstić information content (AvgIpc) is 2.89. The topological polar surface area (TPSA) is 34.0 Å². The summed E-state index contributed by atoms with van der Waals surface area (Å²) in [6.07, 6.45) is 4.89. The predicted molar refractivity (Wildman–Crippen MR) is 102 cm³/mol. The minimum Gasteiger partial charge on any atom is -0.328 e. The Morgan fingerprint density at radius 3 is 2.76 bits per heavy atom. The zero-order valence-electron chi connectivity index (χ0n) is 15.6. The molecule has 4 nitrogen and oxygen atoms in total. The molecule has 25 heavy (non-hydrogen) atoms. The third kappa shape index (κ3) is 2.85. The van der Waals surface area contributed by atoms with Crippen molar-refractivity contribution in [2.24, 2.45) is 0 Å². The van der Waals surface area contributed by atoms with Crippen molar-refractivity contribution in [2.45, 2.75) is 45.7 Å². The van der Waals surface area contributed by atoms with Gasteiger partial charge in [-0.05, 0) is 49.7 Å². The first-order valence-corrected chi connectivity index (χ1v) is 9.02. The lowest BCUT2D eigenvalue weighted by molar-refractivity contribution is 0.228. The van der Waals surface area contributed by atoms with Gasteiger partial charge in [0.05, 0.1) is 0 Å². The van der Waals surface area contributed by atoms with Crippen LogP contribution >= 0.6 is 0 Å². The number of fused-ring (bicyclic) bond motifs is 3. The molecule has 0 saturated carbocycles. The Kier molecular flexibility index (Phi) is 3.88. The van der Waals surface area contributed by atoms with Gasteiger partial charge in [-0.25, -0.2) is 4.98 Å². The van der Waals surface area contributed by atoms with Crippen molar-refractivity contribution >= 4 is 11.0 Å². The molecule has 0 unspecified atom stereocenters. The number of aryl methyl sites for hydroxylation is 3. The fourth-order valence-corrected chi connectivity index (χ4v) is 4.36. The first kappa shape index (κ1) is 16.3. The van der Waals surface area contributed by atoms with E-state index in [0.29, 0.717) is 0 Å². The Hall–Kier alpha value is -2.20. The second-order valence-electron chi connectivity index (χ2n) is 7.97. The molecule has 130 valence electrons. The molecule has 1 aliphatic rings.